The first-order chi connectivity index (χ1) is 17.1. The zero-order valence-corrected chi connectivity index (χ0v) is 21.0. The first-order valence-corrected chi connectivity index (χ1v) is 12.9. The molecule has 0 unspecified atom stereocenters. The Morgan fingerprint density at radius 1 is 0.743 bits per heavy atom. The first kappa shape index (κ1) is 28.3. The molecule has 0 heterocycles. The van der Waals surface area contributed by atoms with Gasteiger partial charge in [0.05, 0.1) is 24.6 Å². The van der Waals surface area contributed by atoms with E-state index < -0.39 is 5.97 Å². The van der Waals surface area contributed by atoms with Crippen LogP contribution in [0.15, 0.2) is 52.7 Å². The zero-order chi connectivity index (χ0) is 25.1. The summed E-state index contributed by atoms with van der Waals surface area (Å²) in [4.78, 5) is 11.7. The maximum atomic E-state index is 11.7. The number of nitrogens with zero attached hydrogens (tertiary/aromatic N) is 2. The van der Waals surface area contributed by atoms with E-state index in [-0.39, 0.29) is 12.2 Å². The van der Waals surface area contributed by atoms with Crippen LogP contribution in [-0.4, -0.2) is 36.0 Å². The van der Waals surface area contributed by atoms with Gasteiger partial charge in [0.25, 0.3) is 0 Å². The lowest BCUT2D eigenvalue weighted by Gasteiger charge is -2.09. The molecule has 35 heavy (non-hydrogen) atoms. The third kappa shape index (κ3) is 11.9. The monoisotopic (exact) mass is 484 g/mol. The summed E-state index contributed by atoms with van der Waals surface area (Å²) in [5.41, 5.74) is 1.16. The molecule has 0 spiro atoms. The maximum Gasteiger partial charge on any atom is 0.339 e. The van der Waals surface area contributed by atoms with Crippen molar-refractivity contribution in [2.24, 2.45) is 10.2 Å². The second-order valence-corrected chi connectivity index (χ2v) is 8.64. The highest BCUT2D eigenvalue weighted by atomic mass is 16.5. The third-order valence-corrected chi connectivity index (χ3v) is 5.64. The summed E-state index contributed by atoms with van der Waals surface area (Å²) in [5.74, 6) is 0.0572. The van der Waals surface area contributed by atoms with Gasteiger partial charge in [-0.2, -0.15) is 10.2 Å². The molecule has 2 N–H and O–H groups in total. The lowest BCUT2D eigenvalue weighted by Crippen LogP contribution is -2.04. The fraction of sp³-hybridized carbons (Fsp3) is 0.536. The van der Waals surface area contributed by atoms with Gasteiger partial charge in [-0.05, 0) is 68.1 Å². The Kier molecular flexibility index (Phi) is 14.2. The second-order valence-electron chi connectivity index (χ2n) is 8.64. The molecule has 0 amide bonds. The number of aromatic carboxylic acids is 1. The number of benzene rings is 2. The molecule has 0 saturated carbocycles. The largest absolute Gasteiger partial charge is 0.494 e. The number of aliphatic hydroxyl groups is 1. The fourth-order valence-electron chi connectivity index (χ4n) is 3.60. The Morgan fingerprint density at radius 2 is 1.31 bits per heavy atom. The number of hydrogen-bond acceptors (Lipinski definition) is 6. The van der Waals surface area contributed by atoms with E-state index in [4.69, 9.17) is 14.6 Å². The van der Waals surface area contributed by atoms with Crippen LogP contribution in [0.3, 0.4) is 0 Å². The number of ether oxygens (including phenoxy) is 2. The van der Waals surface area contributed by atoms with Crippen LogP contribution in [0.1, 0.15) is 87.9 Å². The molecule has 0 saturated heterocycles. The first-order valence-electron chi connectivity index (χ1n) is 12.9. The van der Waals surface area contributed by atoms with Crippen molar-refractivity contribution < 1.29 is 24.5 Å². The number of carboxylic acid groups (broad SMARTS) is 1. The molecule has 0 bridgehead atoms. The minimum absolute atomic E-state index is 0.0610. The van der Waals surface area contributed by atoms with Crippen LogP contribution in [0.25, 0.3) is 0 Å². The van der Waals surface area contributed by atoms with Crippen molar-refractivity contribution in [1.29, 1.82) is 0 Å². The van der Waals surface area contributed by atoms with Gasteiger partial charge in [0, 0.05) is 6.61 Å². The van der Waals surface area contributed by atoms with Crippen LogP contribution in [0.4, 0.5) is 11.4 Å². The number of hydrogen-bond donors (Lipinski definition) is 2. The Hall–Kier alpha value is -2.93. The molecule has 0 aliphatic rings. The van der Waals surface area contributed by atoms with Crippen LogP contribution >= 0.6 is 0 Å². The van der Waals surface area contributed by atoms with Crippen LogP contribution in [0.5, 0.6) is 11.5 Å². The topological polar surface area (TPSA) is 101 Å². The van der Waals surface area contributed by atoms with Crippen molar-refractivity contribution in [1.82, 2.24) is 0 Å². The van der Waals surface area contributed by atoms with Gasteiger partial charge >= 0.3 is 5.97 Å². The maximum absolute atomic E-state index is 11.7. The number of carboxylic acids is 1. The molecule has 7 heteroatoms. The van der Waals surface area contributed by atoms with Crippen molar-refractivity contribution in [2.45, 2.75) is 77.6 Å². The average molecular weight is 485 g/mol. The van der Waals surface area contributed by atoms with Gasteiger partial charge in [-0.15, -0.1) is 0 Å². The second kappa shape index (κ2) is 17.5. The van der Waals surface area contributed by atoms with Crippen molar-refractivity contribution in [3.05, 3.63) is 48.0 Å². The minimum Gasteiger partial charge on any atom is -0.494 e. The summed E-state index contributed by atoms with van der Waals surface area (Å²) in [7, 11) is 0. The Morgan fingerprint density at radius 3 is 1.97 bits per heavy atom. The SMILES string of the molecule is CCCCCCCCCOc1ccc(N=Nc2ccc(OCCCCCCO)c(C(=O)O)c2)cc1. The predicted molar refractivity (Wildman–Crippen MR) is 139 cm³/mol. The lowest BCUT2D eigenvalue weighted by atomic mass is 10.1. The summed E-state index contributed by atoms with van der Waals surface area (Å²) in [5, 5.41) is 26.7. The Balaban J connectivity index is 1.80. The molecule has 0 aliphatic heterocycles. The molecule has 2 aromatic carbocycles. The van der Waals surface area contributed by atoms with Gasteiger partial charge in [0.1, 0.15) is 17.1 Å². The molecule has 0 radical (unpaired) electrons. The van der Waals surface area contributed by atoms with Crippen molar-refractivity contribution in [2.75, 3.05) is 19.8 Å². The molecule has 7 nitrogen and oxygen atoms in total. The van der Waals surface area contributed by atoms with Gasteiger partial charge in [0.15, 0.2) is 0 Å². The number of azo groups is 1. The summed E-state index contributed by atoms with van der Waals surface area (Å²) in [6.07, 6.45) is 12.2. The van der Waals surface area contributed by atoms with E-state index in [9.17, 15) is 9.90 Å². The van der Waals surface area contributed by atoms with Gasteiger partial charge in [-0.25, -0.2) is 4.79 Å². The van der Waals surface area contributed by atoms with E-state index in [0.29, 0.717) is 30.3 Å². The van der Waals surface area contributed by atoms with Gasteiger partial charge in [0.2, 0.25) is 0 Å². The fourth-order valence-corrected chi connectivity index (χ4v) is 3.60. The molecular formula is C28H40N2O5. The lowest BCUT2D eigenvalue weighted by molar-refractivity contribution is 0.0692. The van der Waals surface area contributed by atoms with Crippen LogP contribution in [0.2, 0.25) is 0 Å². The normalized spacial score (nSPS) is 11.1. The Bertz CT molecular complexity index is 883. The Labute approximate surface area is 209 Å². The molecule has 2 rings (SSSR count). The molecule has 0 atom stereocenters. The van der Waals surface area contributed by atoms with Gasteiger partial charge in [-0.1, -0.05) is 51.9 Å². The quantitative estimate of drug-likeness (QED) is 0.156. The van der Waals surface area contributed by atoms with Crippen molar-refractivity contribution in [3.63, 3.8) is 0 Å². The molecule has 2 aromatic rings. The predicted octanol–water partition coefficient (Wildman–Crippen LogP) is 7.86. The molecule has 0 aromatic heterocycles. The van der Waals surface area contributed by atoms with Crippen LogP contribution in [0, 0.1) is 0 Å². The smallest absolute Gasteiger partial charge is 0.339 e. The van der Waals surface area contributed by atoms with Gasteiger partial charge < -0.3 is 19.7 Å². The van der Waals surface area contributed by atoms with Crippen molar-refractivity contribution in [3.8, 4) is 11.5 Å². The average Bonchev–Trinajstić information content (AvgIpc) is 2.87. The number of unbranched alkanes of at least 4 members (excludes halogenated alkanes) is 9. The van der Waals surface area contributed by atoms with E-state index in [1.54, 1.807) is 12.1 Å². The van der Waals surface area contributed by atoms with Crippen LogP contribution in [-0.2, 0) is 0 Å². The number of rotatable bonds is 19. The highest BCUT2D eigenvalue weighted by Gasteiger charge is 2.12. The molecule has 192 valence electrons. The van der Waals surface area contributed by atoms with Gasteiger partial charge in [-0.3, -0.25) is 0 Å². The number of aliphatic hydroxyl groups excluding tert-OH is 1. The van der Waals surface area contributed by atoms with E-state index in [1.165, 1.54) is 44.6 Å². The summed E-state index contributed by atoms with van der Waals surface area (Å²) in [6.45, 7) is 3.57. The van der Waals surface area contributed by atoms with Crippen LogP contribution < -0.4 is 9.47 Å². The molecule has 0 fully saturated rings. The minimum atomic E-state index is -1.07. The van der Waals surface area contributed by atoms with E-state index in [2.05, 4.69) is 17.2 Å². The van der Waals surface area contributed by atoms with Crippen molar-refractivity contribution >= 4 is 17.3 Å². The highest BCUT2D eigenvalue weighted by molar-refractivity contribution is 5.92. The summed E-state index contributed by atoms with van der Waals surface area (Å²) in [6, 6.07) is 12.2. The zero-order valence-electron chi connectivity index (χ0n) is 21.0. The third-order valence-electron chi connectivity index (χ3n) is 5.64. The van der Waals surface area contributed by atoms with E-state index in [0.717, 1.165) is 37.9 Å². The van der Waals surface area contributed by atoms with E-state index >= 15 is 0 Å². The molecule has 0 aliphatic carbocycles. The molecular weight excluding hydrogens is 444 g/mol. The standard InChI is InChI=1S/C28H40N2O5/c1-2-3-4-5-6-8-11-20-34-25-16-13-23(14-17-25)29-30-24-15-18-27(26(22-24)28(32)33)35-21-12-9-7-10-19-31/h13-18,22,31H,2-12,19-21H2,1H3,(H,32,33). The summed E-state index contributed by atoms with van der Waals surface area (Å²) < 4.78 is 11.5. The summed E-state index contributed by atoms with van der Waals surface area (Å²) >= 11 is 0. The van der Waals surface area contributed by atoms with E-state index in [1.807, 2.05) is 24.3 Å². The highest BCUT2D eigenvalue weighted by Crippen LogP contribution is 2.27. The number of carbonyl (C=O) groups is 1.